The monoisotopic (exact) mass is 305 g/mol. The van der Waals surface area contributed by atoms with Gasteiger partial charge in [-0.2, -0.15) is 11.8 Å². The van der Waals surface area contributed by atoms with Gasteiger partial charge in [0.25, 0.3) is 5.91 Å². The Balaban J connectivity index is 2.82. The highest BCUT2D eigenvalue weighted by Crippen LogP contribution is 2.18. The van der Waals surface area contributed by atoms with Crippen molar-refractivity contribution in [3.05, 3.63) is 34.6 Å². The van der Waals surface area contributed by atoms with Gasteiger partial charge in [-0.15, -0.1) is 0 Å². The van der Waals surface area contributed by atoms with Gasteiger partial charge in [0.2, 0.25) is 0 Å². The summed E-state index contributed by atoms with van der Waals surface area (Å²) in [6.07, 6.45) is 2.10. The van der Waals surface area contributed by atoms with Crippen LogP contribution in [0.25, 0.3) is 0 Å². The highest BCUT2D eigenvalue weighted by atomic mass is 35.5. The molecule has 0 fully saturated rings. The number of rotatable bonds is 6. The zero-order chi connectivity index (χ0) is 14.4. The predicted molar refractivity (Wildman–Crippen MR) is 73.3 cm³/mol. The number of halogens is 2. The number of nitrogens with one attached hydrogen (secondary N) is 1. The zero-order valence-corrected chi connectivity index (χ0v) is 11.7. The van der Waals surface area contributed by atoms with Crippen molar-refractivity contribution in [1.29, 1.82) is 0 Å². The number of carbonyl (C=O) groups excluding carboxylic acids is 1. The molecule has 1 amide bonds. The summed E-state index contributed by atoms with van der Waals surface area (Å²) in [7, 11) is 0. The molecule has 0 saturated heterocycles. The molecular weight excluding hydrogens is 293 g/mol. The van der Waals surface area contributed by atoms with Crippen LogP contribution in [0.3, 0.4) is 0 Å². The Morgan fingerprint density at radius 3 is 2.79 bits per heavy atom. The van der Waals surface area contributed by atoms with Gasteiger partial charge in [0.05, 0.1) is 10.6 Å². The van der Waals surface area contributed by atoms with Crippen LogP contribution in [0.2, 0.25) is 5.02 Å². The Morgan fingerprint density at radius 2 is 2.21 bits per heavy atom. The summed E-state index contributed by atoms with van der Waals surface area (Å²) in [6.45, 7) is 0. The molecule has 7 heteroatoms. The SMILES string of the molecule is CSCC[C@H](NC(=O)c1cccc(Cl)c1F)C(=O)O. The number of carboxylic acid groups (broad SMARTS) is 1. The van der Waals surface area contributed by atoms with Gasteiger partial charge < -0.3 is 10.4 Å². The quantitative estimate of drug-likeness (QED) is 0.847. The van der Waals surface area contributed by atoms with Gasteiger partial charge in [-0.05, 0) is 30.6 Å². The first-order valence-corrected chi connectivity index (χ1v) is 7.21. The van der Waals surface area contributed by atoms with E-state index >= 15 is 0 Å². The molecule has 0 aromatic heterocycles. The summed E-state index contributed by atoms with van der Waals surface area (Å²) >= 11 is 7.03. The lowest BCUT2D eigenvalue weighted by atomic mass is 10.1. The largest absolute Gasteiger partial charge is 0.480 e. The molecule has 0 bridgehead atoms. The summed E-state index contributed by atoms with van der Waals surface area (Å²) in [5, 5.41) is 11.1. The first-order chi connectivity index (χ1) is 8.97. The van der Waals surface area contributed by atoms with E-state index in [4.69, 9.17) is 16.7 Å². The highest BCUT2D eigenvalue weighted by molar-refractivity contribution is 7.98. The second-order valence-electron chi connectivity index (χ2n) is 3.75. The number of hydrogen-bond acceptors (Lipinski definition) is 3. The van der Waals surface area contributed by atoms with E-state index in [0.29, 0.717) is 5.75 Å². The van der Waals surface area contributed by atoms with Crippen molar-refractivity contribution in [2.45, 2.75) is 12.5 Å². The Morgan fingerprint density at radius 1 is 1.53 bits per heavy atom. The van der Waals surface area contributed by atoms with Crippen LogP contribution in [0.15, 0.2) is 18.2 Å². The Kier molecular flexibility index (Phi) is 6.11. The molecule has 0 spiro atoms. The highest BCUT2D eigenvalue weighted by Gasteiger charge is 2.22. The zero-order valence-electron chi connectivity index (χ0n) is 10.2. The molecule has 0 heterocycles. The molecule has 2 N–H and O–H groups in total. The lowest BCUT2D eigenvalue weighted by Crippen LogP contribution is -2.41. The Hall–Kier alpha value is -1.27. The third-order valence-electron chi connectivity index (χ3n) is 2.41. The van der Waals surface area contributed by atoms with Gasteiger partial charge in [0.15, 0.2) is 5.82 Å². The van der Waals surface area contributed by atoms with Crippen LogP contribution in [-0.2, 0) is 4.79 Å². The second kappa shape index (κ2) is 7.35. The van der Waals surface area contributed by atoms with E-state index in [0.717, 1.165) is 0 Å². The van der Waals surface area contributed by atoms with Crippen molar-refractivity contribution in [3.63, 3.8) is 0 Å². The van der Waals surface area contributed by atoms with Crippen LogP contribution in [0.1, 0.15) is 16.8 Å². The third kappa shape index (κ3) is 4.40. The second-order valence-corrected chi connectivity index (χ2v) is 5.14. The Labute approximate surface area is 119 Å². The van der Waals surface area contributed by atoms with Crippen molar-refractivity contribution in [1.82, 2.24) is 5.32 Å². The molecular formula is C12H13ClFNO3S. The van der Waals surface area contributed by atoms with Gasteiger partial charge in [-0.3, -0.25) is 4.79 Å². The first kappa shape index (κ1) is 15.8. The molecule has 104 valence electrons. The molecule has 1 aromatic carbocycles. The fourth-order valence-corrected chi connectivity index (χ4v) is 2.05. The van der Waals surface area contributed by atoms with Crippen LogP contribution < -0.4 is 5.32 Å². The lowest BCUT2D eigenvalue weighted by Gasteiger charge is -2.14. The van der Waals surface area contributed by atoms with Crippen molar-refractivity contribution >= 4 is 35.2 Å². The molecule has 0 radical (unpaired) electrons. The minimum atomic E-state index is -1.15. The van der Waals surface area contributed by atoms with Crippen LogP contribution in [0, 0.1) is 5.82 Å². The minimum Gasteiger partial charge on any atom is -0.480 e. The van der Waals surface area contributed by atoms with Crippen molar-refractivity contribution in [2.75, 3.05) is 12.0 Å². The molecule has 1 rings (SSSR count). The maximum Gasteiger partial charge on any atom is 0.326 e. The number of benzene rings is 1. The van der Waals surface area contributed by atoms with E-state index in [9.17, 15) is 14.0 Å². The number of thioether (sulfide) groups is 1. The summed E-state index contributed by atoms with van der Waals surface area (Å²) < 4.78 is 13.6. The van der Waals surface area contributed by atoms with Gasteiger partial charge in [0.1, 0.15) is 6.04 Å². The average Bonchev–Trinajstić information content (AvgIpc) is 2.37. The van der Waals surface area contributed by atoms with Crippen LogP contribution in [0.5, 0.6) is 0 Å². The van der Waals surface area contributed by atoms with Gasteiger partial charge in [-0.1, -0.05) is 17.7 Å². The molecule has 19 heavy (non-hydrogen) atoms. The van der Waals surface area contributed by atoms with Crippen LogP contribution in [-0.4, -0.2) is 35.0 Å². The van der Waals surface area contributed by atoms with E-state index in [1.165, 1.54) is 30.0 Å². The summed E-state index contributed by atoms with van der Waals surface area (Å²) in [5.74, 6) is -2.20. The predicted octanol–water partition coefficient (Wildman–Crippen LogP) is 2.42. The lowest BCUT2D eigenvalue weighted by molar-refractivity contribution is -0.139. The summed E-state index contributed by atoms with van der Waals surface area (Å²) in [4.78, 5) is 22.8. The maximum atomic E-state index is 13.6. The van der Waals surface area contributed by atoms with E-state index in [1.807, 2.05) is 6.26 Å². The molecule has 0 saturated carbocycles. The Bertz CT molecular complexity index is 484. The number of aliphatic carboxylic acids is 1. The van der Waals surface area contributed by atoms with Gasteiger partial charge in [-0.25, -0.2) is 9.18 Å². The van der Waals surface area contributed by atoms with E-state index < -0.39 is 23.7 Å². The molecule has 1 aromatic rings. The smallest absolute Gasteiger partial charge is 0.326 e. The van der Waals surface area contributed by atoms with Crippen molar-refractivity contribution in [3.8, 4) is 0 Å². The molecule has 0 aliphatic rings. The molecule has 0 aliphatic carbocycles. The number of carbonyl (C=O) groups is 2. The van der Waals surface area contributed by atoms with Crippen LogP contribution >= 0.6 is 23.4 Å². The maximum absolute atomic E-state index is 13.6. The van der Waals surface area contributed by atoms with Crippen LogP contribution in [0.4, 0.5) is 4.39 Å². The van der Waals surface area contributed by atoms with E-state index in [1.54, 1.807) is 0 Å². The molecule has 0 aliphatic heterocycles. The first-order valence-electron chi connectivity index (χ1n) is 5.44. The third-order valence-corrected chi connectivity index (χ3v) is 3.35. The fourth-order valence-electron chi connectivity index (χ4n) is 1.41. The van der Waals surface area contributed by atoms with Crippen molar-refractivity contribution < 1.29 is 19.1 Å². The van der Waals surface area contributed by atoms with E-state index in [2.05, 4.69) is 5.32 Å². The number of amides is 1. The normalized spacial score (nSPS) is 11.9. The molecule has 0 unspecified atom stereocenters. The number of carboxylic acids is 1. The average molecular weight is 306 g/mol. The summed E-state index contributed by atoms with van der Waals surface area (Å²) in [6, 6.07) is 2.95. The summed E-state index contributed by atoms with van der Waals surface area (Å²) in [5.41, 5.74) is -0.261. The number of hydrogen-bond donors (Lipinski definition) is 2. The van der Waals surface area contributed by atoms with Gasteiger partial charge >= 0.3 is 5.97 Å². The topological polar surface area (TPSA) is 66.4 Å². The molecule has 1 atom stereocenters. The minimum absolute atomic E-state index is 0.177. The van der Waals surface area contributed by atoms with Gasteiger partial charge in [0, 0.05) is 0 Å². The van der Waals surface area contributed by atoms with E-state index in [-0.39, 0.29) is 17.0 Å². The fraction of sp³-hybridized carbons (Fsp3) is 0.333. The van der Waals surface area contributed by atoms with Crippen molar-refractivity contribution in [2.24, 2.45) is 0 Å². The standard InChI is InChI=1S/C12H13ClFNO3S/c1-19-6-5-9(12(17)18)15-11(16)7-3-2-4-8(13)10(7)14/h2-4,9H,5-6H2,1H3,(H,15,16)(H,17,18)/t9-/m0/s1. The molecule has 4 nitrogen and oxygen atoms in total.